The summed E-state index contributed by atoms with van der Waals surface area (Å²) in [6, 6.07) is 6.03. The third-order valence-corrected chi connectivity index (χ3v) is 3.13. The maximum atomic E-state index is 6.18. The Morgan fingerprint density at radius 1 is 1.40 bits per heavy atom. The summed E-state index contributed by atoms with van der Waals surface area (Å²) >= 11 is 6.18. The molecule has 0 atom stereocenters. The van der Waals surface area contributed by atoms with Crippen LogP contribution >= 0.6 is 11.6 Å². The molecule has 1 aliphatic rings. The van der Waals surface area contributed by atoms with Gasteiger partial charge in [-0.05, 0) is 17.5 Å². The van der Waals surface area contributed by atoms with E-state index >= 15 is 0 Å². The van der Waals surface area contributed by atoms with Gasteiger partial charge in [-0.25, -0.2) is 0 Å². The van der Waals surface area contributed by atoms with Crippen LogP contribution < -0.4 is 10.2 Å². The van der Waals surface area contributed by atoms with Crippen molar-refractivity contribution in [2.45, 2.75) is 13.8 Å². The van der Waals surface area contributed by atoms with Gasteiger partial charge in [0.25, 0.3) is 0 Å². The van der Waals surface area contributed by atoms with E-state index in [0.717, 1.165) is 23.8 Å². The summed E-state index contributed by atoms with van der Waals surface area (Å²) in [5.41, 5.74) is 2.51. The maximum absolute atomic E-state index is 6.18. The van der Waals surface area contributed by atoms with E-state index in [9.17, 15) is 0 Å². The quantitative estimate of drug-likeness (QED) is 0.728. The number of fused-ring (bicyclic) bond motifs is 1. The second-order valence-corrected chi connectivity index (χ2v) is 5.41. The first-order valence-corrected chi connectivity index (χ1v) is 5.61. The molecule has 1 aliphatic heterocycles. The van der Waals surface area contributed by atoms with Gasteiger partial charge in [0.2, 0.25) is 0 Å². The summed E-state index contributed by atoms with van der Waals surface area (Å²) in [5.74, 6) is 0. The third-order valence-electron chi connectivity index (χ3n) is 2.81. The number of anilines is 2. The minimum Gasteiger partial charge on any atom is -0.382 e. The van der Waals surface area contributed by atoms with E-state index in [1.54, 1.807) is 0 Å². The molecule has 0 bridgehead atoms. The zero-order valence-electron chi connectivity index (χ0n) is 9.47. The molecule has 0 saturated heterocycles. The van der Waals surface area contributed by atoms with Gasteiger partial charge >= 0.3 is 0 Å². The first kappa shape index (κ1) is 10.6. The van der Waals surface area contributed by atoms with Crippen LogP contribution in [0, 0.1) is 5.41 Å². The first-order valence-electron chi connectivity index (χ1n) is 5.23. The Labute approximate surface area is 96.2 Å². The molecule has 0 spiro atoms. The first-order chi connectivity index (χ1) is 6.99. The Morgan fingerprint density at radius 3 is 2.87 bits per heavy atom. The van der Waals surface area contributed by atoms with Crippen LogP contribution in [-0.4, -0.2) is 20.1 Å². The molecule has 0 fully saturated rings. The van der Waals surface area contributed by atoms with Crippen molar-refractivity contribution in [2.24, 2.45) is 5.41 Å². The Kier molecular flexibility index (Phi) is 2.55. The number of para-hydroxylation sites is 1. The lowest BCUT2D eigenvalue weighted by molar-refractivity contribution is 0.403. The molecule has 0 radical (unpaired) electrons. The highest BCUT2D eigenvalue weighted by Gasteiger charge is 2.26. The Bertz CT molecular complexity index is 374. The average Bonchev–Trinajstić information content (AvgIpc) is 2.25. The summed E-state index contributed by atoms with van der Waals surface area (Å²) in [4.78, 5) is 2.27. The normalized spacial score (nSPS) is 19.1. The molecule has 3 heteroatoms. The third kappa shape index (κ3) is 2.05. The molecular weight excluding hydrogens is 208 g/mol. The van der Waals surface area contributed by atoms with Crippen molar-refractivity contribution in [1.29, 1.82) is 0 Å². The van der Waals surface area contributed by atoms with Crippen LogP contribution in [-0.2, 0) is 0 Å². The van der Waals surface area contributed by atoms with Gasteiger partial charge < -0.3 is 10.2 Å². The monoisotopic (exact) mass is 224 g/mol. The Morgan fingerprint density at radius 2 is 2.13 bits per heavy atom. The fourth-order valence-corrected chi connectivity index (χ4v) is 2.35. The van der Waals surface area contributed by atoms with Crippen LogP contribution in [0.2, 0.25) is 5.02 Å². The fraction of sp³-hybridized carbons (Fsp3) is 0.500. The Balaban J connectivity index is 2.44. The lowest BCUT2D eigenvalue weighted by Crippen LogP contribution is -2.33. The smallest absolute Gasteiger partial charge is 0.0767 e. The predicted molar refractivity (Wildman–Crippen MR) is 67.0 cm³/mol. The number of hydrogen-bond donors (Lipinski definition) is 1. The van der Waals surface area contributed by atoms with E-state index in [4.69, 9.17) is 11.6 Å². The Hall–Kier alpha value is -0.890. The van der Waals surface area contributed by atoms with Crippen LogP contribution in [0.4, 0.5) is 11.4 Å². The van der Waals surface area contributed by atoms with Gasteiger partial charge in [0.05, 0.1) is 16.4 Å². The van der Waals surface area contributed by atoms with Crippen molar-refractivity contribution in [3.63, 3.8) is 0 Å². The molecule has 2 nitrogen and oxygen atoms in total. The fourth-order valence-electron chi connectivity index (χ4n) is 2.12. The van der Waals surface area contributed by atoms with E-state index in [2.05, 4.69) is 37.2 Å². The van der Waals surface area contributed by atoms with Crippen molar-refractivity contribution >= 4 is 23.0 Å². The van der Waals surface area contributed by atoms with Gasteiger partial charge in [-0.2, -0.15) is 0 Å². The summed E-state index contributed by atoms with van der Waals surface area (Å²) < 4.78 is 0. The number of rotatable bonds is 0. The standard InChI is InChI=1S/C12H17ClN2/c1-12(2)7-14-11-9(13)5-4-6-10(11)15(3)8-12/h4-6,14H,7-8H2,1-3H3. The van der Waals surface area contributed by atoms with Crippen LogP contribution in [0.15, 0.2) is 18.2 Å². The van der Waals surface area contributed by atoms with Gasteiger partial charge in [0.1, 0.15) is 0 Å². The van der Waals surface area contributed by atoms with Crippen molar-refractivity contribution in [1.82, 2.24) is 0 Å². The highest BCUT2D eigenvalue weighted by atomic mass is 35.5. The molecule has 1 aromatic carbocycles. The number of nitrogens with one attached hydrogen (secondary N) is 1. The topological polar surface area (TPSA) is 15.3 Å². The second-order valence-electron chi connectivity index (χ2n) is 5.01. The zero-order valence-corrected chi connectivity index (χ0v) is 10.2. The summed E-state index contributed by atoms with van der Waals surface area (Å²) in [5, 5.41) is 4.24. The molecule has 0 amide bonds. The molecule has 0 aromatic heterocycles. The average molecular weight is 225 g/mol. The van der Waals surface area contributed by atoms with E-state index < -0.39 is 0 Å². The molecule has 82 valence electrons. The van der Waals surface area contributed by atoms with Gasteiger partial charge in [0.15, 0.2) is 0 Å². The maximum Gasteiger partial charge on any atom is 0.0767 e. The summed E-state index contributed by atoms with van der Waals surface area (Å²) in [6.45, 7) is 6.51. The molecule has 0 aliphatic carbocycles. The van der Waals surface area contributed by atoms with Crippen LogP contribution in [0.3, 0.4) is 0 Å². The number of halogens is 1. The molecule has 1 heterocycles. The number of nitrogens with zero attached hydrogens (tertiary/aromatic N) is 1. The van der Waals surface area contributed by atoms with Gasteiger partial charge in [-0.3, -0.25) is 0 Å². The SMILES string of the molecule is CN1CC(C)(C)CNc2c(Cl)cccc21. The lowest BCUT2D eigenvalue weighted by atomic mass is 9.93. The number of hydrogen-bond acceptors (Lipinski definition) is 2. The predicted octanol–water partition coefficient (Wildman–Crippen LogP) is 3.23. The van der Waals surface area contributed by atoms with E-state index in [-0.39, 0.29) is 5.41 Å². The molecule has 0 unspecified atom stereocenters. The van der Waals surface area contributed by atoms with Crippen LogP contribution in [0.5, 0.6) is 0 Å². The molecule has 0 saturated carbocycles. The van der Waals surface area contributed by atoms with Crippen molar-refractivity contribution < 1.29 is 0 Å². The van der Waals surface area contributed by atoms with Crippen LogP contribution in [0.1, 0.15) is 13.8 Å². The van der Waals surface area contributed by atoms with Crippen molar-refractivity contribution in [2.75, 3.05) is 30.4 Å². The second kappa shape index (κ2) is 3.60. The van der Waals surface area contributed by atoms with Crippen molar-refractivity contribution in [3.8, 4) is 0 Å². The highest BCUT2D eigenvalue weighted by molar-refractivity contribution is 6.34. The molecular formula is C12H17ClN2. The van der Waals surface area contributed by atoms with E-state index in [1.807, 2.05) is 12.1 Å². The summed E-state index contributed by atoms with van der Waals surface area (Å²) in [6.07, 6.45) is 0. The van der Waals surface area contributed by atoms with E-state index in [0.29, 0.717) is 0 Å². The largest absolute Gasteiger partial charge is 0.382 e. The van der Waals surface area contributed by atoms with E-state index in [1.165, 1.54) is 5.69 Å². The lowest BCUT2D eigenvalue weighted by Gasteiger charge is -2.27. The van der Waals surface area contributed by atoms with Gasteiger partial charge in [-0.15, -0.1) is 0 Å². The zero-order chi connectivity index (χ0) is 11.1. The minimum atomic E-state index is 0.261. The molecule has 15 heavy (non-hydrogen) atoms. The minimum absolute atomic E-state index is 0.261. The summed E-state index contributed by atoms with van der Waals surface area (Å²) in [7, 11) is 2.11. The molecule has 1 aromatic rings. The highest BCUT2D eigenvalue weighted by Crippen LogP contribution is 2.37. The molecule has 1 N–H and O–H groups in total. The van der Waals surface area contributed by atoms with Gasteiger partial charge in [0, 0.05) is 20.1 Å². The van der Waals surface area contributed by atoms with Gasteiger partial charge in [-0.1, -0.05) is 31.5 Å². The molecule has 2 rings (SSSR count). The van der Waals surface area contributed by atoms with Crippen molar-refractivity contribution in [3.05, 3.63) is 23.2 Å². The number of benzene rings is 1. The van der Waals surface area contributed by atoms with Crippen LogP contribution in [0.25, 0.3) is 0 Å².